The van der Waals surface area contributed by atoms with Crippen molar-refractivity contribution in [2.45, 2.75) is 11.7 Å². The highest BCUT2D eigenvalue weighted by Crippen LogP contribution is 2.23. The molecule has 4 rings (SSSR count). The van der Waals surface area contributed by atoms with Crippen LogP contribution in [-0.4, -0.2) is 45.1 Å². The smallest absolute Gasteiger partial charge is 0.316 e. The summed E-state index contributed by atoms with van der Waals surface area (Å²) in [5.41, 5.74) is 1.36. The first-order valence-corrected chi connectivity index (χ1v) is 9.80. The first-order valence-electron chi connectivity index (χ1n) is 8.82. The van der Waals surface area contributed by atoms with Crippen LogP contribution >= 0.6 is 11.8 Å². The Morgan fingerprint density at radius 3 is 2.62 bits per heavy atom. The number of hydrogen-bond donors (Lipinski definition) is 0. The SMILES string of the molecule is COC(=O)CSc1nnc2n(Cc3ccccc3OC)c(=O)c3ccccc3n12. The van der Waals surface area contributed by atoms with Gasteiger partial charge in [-0.1, -0.05) is 42.1 Å². The van der Waals surface area contributed by atoms with Gasteiger partial charge in [0.15, 0.2) is 5.16 Å². The number of nitrogens with zero attached hydrogens (tertiary/aromatic N) is 4. The Kier molecular flexibility index (Phi) is 5.22. The fourth-order valence-corrected chi connectivity index (χ4v) is 3.93. The first kappa shape index (κ1) is 19.0. The van der Waals surface area contributed by atoms with E-state index in [4.69, 9.17) is 9.47 Å². The number of fused-ring (bicyclic) bond motifs is 3. The van der Waals surface area contributed by atoms with Gasteiger partial charge in [-0.05, 0) is 18.2 Å². The van der Waals surface area contributed by atoms with E-state index in [1.54, 1.807) is 22.1 Å². The standard InChI is InChI=1S/C20H18N4O4S/c1-27-16-10-6-3-7-13(16)11-23-18(26)14-8-4-5-9-15(14)24-19(23)21-22-20(24)29-12-17(25)28-2/h3-10H,11-12H2,1-2H3. The van der Waals surface area contributed by atoms with Gasteiger partial charge in [0, 0.05) is 5.56 Å². The first-order chi connectivity index (χ1) is 14.1. The van der Waals surface area contributed by atoms with E-state index in [1.165, 1.54) is 18.9 Å². The van der Waals surface area contributed by atoms with Gasteiger partial charge in [-0.25, -0.2) is 0 Å². The van der Waals surface area contributed by atoms with Crippen LogP contribution in [0.4, 0.5) is 0 Å². The third kappa shape index (κ3) is 3.44. The highest BCUT2D eigenvalue weighted by atomic mass is 32.2. The van der Waals surface area contributed by atoms with Gasteiger partial charge >= 0.3 is 5.97 Å². The Bertz CT molecular complexity index is 1260. The summed E-state index contributed by atoms with van der Waals surface area (Å²) < 4.78 is 13.5. The largest absolute Gasteiger partial charge is 0.496 e. The lowest BCUT2D eigenvalue weighted by atomic mass is 10.2. The van der Waals surface area contributed by atoms with Gasteiger partial charge < -0.3 is 9.47 Å². The molecule has 0 atom stereocenters. The van der Waals surface area contributed by atoms with E-state index in [-0.39, 0.29) is 23.8 Å². The molecule has 2 aromatic heterocycles. The number of esters is 1. The van der Waals surface area contributed by atoms with Gasteiger partial charge in [0.25, 0.3) is 5.56 Å². The summed E-state index contributed by atoms with van der Waals surface area (Å²) in [7, 11) is 2.93. The third-order valence-electron chi connectivity index (χ3n) is 4.55. The van der Waals surface area contributed by atoms with E-state index in [0.29, 0.717) is 27.6 Å². The lowest BCUT2D eigenvalue weighted by Gasteiger charge is -2.13. The monoisotopic (exact) mass is 410 g/mol. The second-order valence-electron chi connectivity index (χ2n) is 6.20. The molecule has 148 valence electrons. The summed E-state index contributed by atoms with van der Waals surface area (Å²) >= 11 is 1.21. The summed E-state index contributed by atoms with van der Waals surface area (Å²) in [6, 6.07) is 14.8. The molecule has 0 unspecified atom stereocenters. The molecule has 0 saturated heterocycles. The van der Waals surface area contributed by atoms with E-state index >= 15 is 0 Å². The van der Waals surface area contributed by atoms with E-state index in [2.05, 4.69) is 10.2 Å². The molecule has 29 heavy (non-hydrogen) atoms. The molecule has 0 N–H and O–H groups in total. The van der Waals surface area contributed by atoms with Crippen LogP contribution in [0.3, 0.4) is 0 Å². The Morgan fingerprint density at radius 2 is 1.83 bits per heavy atom. The molecular formula is C20H18N4O4S. The van der Waals surface area contributed by atoms with Crippen LogP contribution in [0.25, 0.3) is 16.7 Å². The predicted molar refractivity (Wildman–Crippen MR) is 110 cm³/mol. The van der Waals surface area contributed by atoms with Crippen LogP contribution in [0.1, 0.15) is 5.56 Å². The molecule has 0 amide bonds. The molecule has 0 aliphatic carbocycles. The van der Waals surface area contributed by atoms with Gasteiger partial charge in [0.1, 0.15) is 5.75 Å². The van der Waals surface area contributed by atoms with Gasteiger partial charge in [-0.15, -0.1) is 10.2 Å². The van der Waals surface area contributed by atoms with E-state index in [1.807, 2.05) is 42.5 Å². The average Bonchev–Trinajstić information content (AvgIpc) is 3.19. The molecule has 4 aromatic rings. The highest BCUT2D eigenvalue weighted by Gasteiger charge is 2.18. The summed E-state index contributed by atoms with van der Waals surface area (Å²) in [4.78, 5) is 24.8. The van der Waals surface area contributed by atoms with Gasteiger partial charge in [0.05, 0.1) is 37.4 Å². The molecular weight excluding hydrogens is 392 g/mol. The number of aromatic nitrogens is 4. The van der Waals surface area contributed by atoms with Crippen LogP contribution in [0, 0.1) is 0 Å². The van der Waals surface area contributed by atoms with Crippen molar-refractivity contribution in [2.24, 2.45) is 0 Å². The minimum Gasteiger partial charge on any atom is -0.496 e. The van der Waals surface area contributed by atoms with Crippen LogP contribution in [0.15, 0.2) is 58.5 Å². The zero-order valence-corrected chi connectivity index (χ0v) is 16.7. The molecule has 2 heterocycles. The maximum atomic E-state index is 13.2. The van der Waals surface area contributed by atoms with Crippen molar-refractivity contribution >= 4 is 34.4 Å². The second kappa shape index (κ2) is 7.96. The number of methoxy groups -OCH3 is 2. The van der Waals surface area contributed by atoms with Crippen LogP contribution in [-0.2, 0) is 16.1 Å². The maximum absolute atomic E-state index is 13.2. The molecule has 2 aromatic carbocycles. The Hall–Kier alpha value is -3.33. The Morgan fingerprint density at radius 1 is 1.07 bits per heavy atom. The molecule has 0 saturated carbocycles. The topological polar surface area (TPSA) is 87.7 Å². The number of carbonyl (C=O) groups excluding carboxylic acids is 1. The molecule has 0 radical (unpaired) electrons. The number of carbonyl (C=O) groups is 1. The fourth-order valence-electron chi connectivity index (χ4n) is 3.16. The average molecular weight is 410 g/mol. The van der Waals surface area contributed by atoms with Crippen LogP contribution < -0.4 is 10.3 Å². The molecule has 0 aliphatic rings. The number of hydrogen-bond acceptors (Lipinski definition) is 7. The summed E-state index contributed by atoms with van der Waals surface area (Å²) in [5, 5.41) is 9.51. The maximum Gasteiger partial charge on any atom is 0.316 e. The lowest BCUT2D eigenvalue weighted by Crippen LogP contribution is -2.24. The fraction of sp³-hybridized carbons (Fsp3) is 0.200. The molecule has 0 bridgehead atoms. The van der Waals surface area contributed by atoms with Crippen LogP contribution in [0.5, 0.6) is 5.75 Å². The van der Waals surface area contributed by atoms with Crippen LogP contribution in [0.2, 0.25) is 0 Å². The molecule has 9 heteroatoms. The minimum atomic E-state index is -0.363. The number of thioether (sulfide) groups is 1. The molecule has 0 spiro atoms. The Balaban J connectivity index is 1.92. The van der Waals surface area contributed by atoms with Gasteiger partial charge in [-0.3, -0.25) is 18.6 Å². The highest BCUT2D eigenvalue weighted by molar-refractivity contribution is 7.99. The summed E-state index contributed by atoms with van der Waals surface area (Å²) in [5.74, 6) is 0.813. The second-order valence-corrected chi connectivity index (χ2v) is 7.15. The van der Waals surface area contributed by atoms with Gasteiger partial charge in [0.2, 0.25) is 5.78 Å². The minimum absolute atomic E-state index is 0.0945. The number of rotatable bonds is 6. The number of ether oxygens (including phenoxy) is 2. The lowest BCUT2D eigenvalue weighted by molar-refractivity contribution is -0.137. The third-order valence-corrected chi connectivity index (χ3v) is 5.45. The summed E-state index contributed by atoms with van der Waals surface area (Å²) in [6.07, 6.45) is 0. The molecule has 0 aliphatic heterocycles. The van der Waals surface area contributed by atoms with E-state index in [9.17, 15) is 9.59 Å². The normalized spacial score (nSPS) is 11.1. The molecule has 0 fully saturated rings. The van der Waals surface area contributed by atoms with Crippen molar-refractivity contribution in [1.29, 1.82) is 0 Å². The summed E-state index contributed by atoms with van der Waals surface area (Å²) in [6.45, 7) is 0.275. The van der Waals surface area contributed by atoms with Gasteiger partial charge in [-0.2, -0.15) is 0 Å². The predicted octanol–water partition coefficient (Wildman–Crippen LogP) is 2.37. The Labute approximate surface area is 170 Å². The van der Waals surface area contributed by atoms with Crippen molar-refractivity contribution < 1.29 is 14.3 Å². The van der Waals surface area contributed by atoms with Crippen molar-refractivity contribution in [3.8, 4) is 5.75 Å². The van der Waals surface area contributed by atoms with E-state index in [0.717, 1.165) is 5.56 Å². The van der Waals surface area contributed by atoms with Crippen molar-refractivity contribution in [3.05, 3.63) is 64.4 Å². The van der Waals surface area contributed by atoms with Crippen molar-refractivity contribution in [3.63, 3.8) is 0 Å². The van der Waals surface area contributed by atoms with Crippen molar-refractivity contribution in [1.82, 2.24) is 19.2 Å². The quantitative estimate of drug-likeness (QED) is 0.356. The van der Waals surface area contributed by atoms with Crippen molar-refractivity contribution in [2.75, 3.05) is 20.0 Å². The number of para-hydroxylation sites is 2. The zero-order valence-electron chi connectivity index (χ0n) is 15.9. The zero-order chi connectivity index (χ0) is 20.4. The molecule has 8 nitrogen and oxygen atoms in total. The number of benzene rings is 2. The van der Waals surface area contributed by atoms with E-state index < -0.39 is 0 Å².